The smallest absolute Gasteiger partial charge is 0.252 e. The lowest BCUT2D eigenvalue weighted by molar-refractivity contribution is 0.0950. The van der Waals surface area contributed by atoms with E-state index in [-0.39, 0.29) is 18.2 Å². The lowest BCUT2D eigenvalue weighted by Crippen LogP contribution is -2.26. The summed E-state index contributed by atoms with van der Waals surface area (Å²) in [5, 5.41) is 6.67. The van der Waals surface area contributed by atoms with Gasteiger partial charge < -0.3 is 9.84 Å². The summed E-state index contributed by atoms with van der Waals surface area (Å²) in [5.41, 5.74) is 1.37. The molecular weight excluding hydrogens is 408 g/mol. The first kappa shape index (κ1) is 21.1. The third kappa shape index (κ3) is 5.95. The maximum absolute atomic E-state index is 12.6. The molecule has 8 heteroatoms. The van der Waals surface area contributed by atoms with Crippen molar-refractivity contribution in [3.05, 3.63) is 77.7 Å². The van der Waals surface area contributed by atoms with Crippen molar-refractivity contribution in [2.75, 3.05) is 12.3 Å². The number of nitrogens with zero attached hydrogens (tertiary/aromatic N) is 1. The lowest BCUT2D eigenvalue weighted by Gasteiger charge is -2.10. The van der Waals surface area contributed by atoms with Gasteiger partial charge in [0, 0.05) is 17.5 Å². The molecule has 0 bridgehead atoms. The fraction of sp³-hybridized carbons (Fsp3) is 0.238. The molecule has 3 rings (SSSR count). The summed E-state index contributed by atoms with van der Waals surface area (Å²) < 4.78 is 29.8. The number of carbonyl (C=O) groups excluding carboxylic acids is 1. The highest BCUT2D eigenvalue weighted by Gasteiger charge is 2.15. The van der Waals surface area contributed by atoms with Gasteiger partial charge in [0.05, 0.1) is 27.7 Å². The van der Waals surface area contributed by atoms with Crippen molar-refractivity contribution in [2.24, 2.45) is 0 Å². The molecule has 0 aliphatic heterocycles. The van der Waals surface area contributed by atoms with E-state index < -0.39 is 9.84 Å². The molecule has 0 saturated heterocycles. The molecular formula is C21H22N2O4S2. The third-order valence-corrected chi connectivity index (χ3v) is 7.07. The van der Waals surface area contributed by atoms with Crippen LogP contribution in [0.4, 0.5) is 0 Å². The molecule has 1 heterocycles. The quantitative estimate of drug-likeness (QED) is 0.409. The number of thioether (sulfide) groups is 1. The van der Waals surface area contributed by atoms with Crippen LogP contribution in [0.5, 0.6) is 0 Å². The minimum Gasteiger partial charge on any atom is -0.360 e. The van der Waals surface area contributed by atoms with Crippen molar-refractivity contribution in [3.8, 4) is 0 Å². The molecule has 0 unspecified atom stereocenters. The van der Waals surface area contributed by atoms with Gasteiger partial charge in [0.1, 0.15) is 5.76 Å². The highest BCUT2D eigenvalue weighted by atomic mass is 32.2. The maximum atomic E-state index is 12.6. The highest BCUT2D eigenvalue weighted by molar-refractivity contribution is 7.98. The van der Waals surface area contributed by atoms with Gasteiger partial charge in [-0.3, -0.25) is 4.79 Å². The molecule has 0 spiro atoms. The second-order valence-corrected chi connectivity index (χ2v) is 9.59. The molecule has 1 N–H and O–H groups in total. The predicted molar refractivity (Wildman–Crippen MR) is 113 cm³/mol. The minimum atomic E-state index is -3.34. The highest BCUT2D eigenvalue weighted by Crippen LogP contribution is 2.26. The number of aryl methyl sites for hydroxylation is 1. The summed E-state index contributed by atoms with van der Waals surface area (Å²) >= 11 is 1.49. The first-order valence-corrected chi connectivity index (χ1v) is 11.8. The van der Waals surface area contributed by atoms with Crippen molar-refractivity contribution in [1.82, 2.24) is 10.5 Å². The van der Waals surface area contributed by atoms with E-state index in [9.17, 15) is 13.2 Å². The van der Waals surface area contributed by atoms with E-state index in [1.807, 2.05) is 25.1 Å². The molecule has 6 nitrogen and oxygen atoms in total. The van der Waals surface area contributed by atoms with E-state index in [4.69, 9.17) is 4.52 Å². The van der Waals surface area contributed by atoms with Crippen molar-refractivity contribution >= 4 is 27.5 Å². The second kappa shape index (κ2) is 9.76. The van der Waals surface area contributed by atoms with Gasteiger partial charge in [-0.2, -0.15) is 0 Å². The van der Waals surface area contributed by atoms with Crippen LogP contribution < -0.4 is 5.32 Å². The minimum absolute atomic E-state index is 0.0153. The largest absolute Gasteiger partial charge is 0.360 e. The topological polar surface area (TPSA) is 89.3 Å². The number of rotatable bonds is 9. The second-order valence-electron chi connectivity index (χ2n) is 6.46. The monoisotopic (exact) mass is 430 g/mol. The summed E-state index contributed by atoms with van der Waals surface area (Å²) in [7, 11) is -3.34. The summed E-state index contributed by atoms with van der Waals surface area (Å²) in [6.07, 6.45) is 0.343. The molecule has 1 aromatic heterocycles. The number of nitrogens with one attached hydrogen (secondary N) is 1. The first-order chi connectivity index (χ1) is 14.0. The summed E-state index contributed by atoms with van der Waals surface area (Å²) in [4.78, 5) is 13.7. The summed E-state index contributed by atoms with van der Waals surface area (Å²) in [6.45, 7) is 2.14. The van der Waals surface area contributed by atoms with Crippen molar-refractivity contribution < 1.29 is 17.7 Å². The number of hydrogen-bond acceptors (Lipinski definition) is 6. The van der Waals surface area contributed by atoms with E-state index in [0.717, 1.165) is 16.3 Å². The average molecular weight is 431 g/mol. The Kier molecular flexibility index (Phi) is 7.11. The van der Waals surface area contributed by atoms with Gasteiger partial charge in [0.2, 0.25) is 0 Å². The van der Waals surface area contributed by atoms with Gasteiger partial charge in [0.25, 0.3) is 5.91 Å². The lowest BCUT2D eigenvalue weighted by atomic mass is 10.2. The van der Waals surface area contributed by atoms with Gasteiger partial charge in [-0.05, 0) is 37.6 Å². The number of amides is 1. The zero-order valence-corrected chi connectivity index (χ0v) is 17.6. The molecule has 0 aliphatic rings. The van der Waals surface area contributed by atoms with Crippen LogP contribution in [0.3, 0.4) is 0 Å². The van der Waals surface area contributed by atoms with E-state index in [2.05, 4.69) is 10.5 Å². The Labute approximate surface area is 174 Å². The number of hydrogen-bond donors (Lipinski definition) is 1. The Balaban J connectivity index is 1.53. The maximum Gasteiger partial charge on any atom is 0.252 e. The third-order valence-electron chi connectivity index (χ3n) is 4.16. The fourth-order valence-electron chi connectivity index (χ4n) is 2.72. The molecule has 0 saturated carbocycles. The van der Waals surface area contributed by atoms with Gasteiger partial charge in [0.15, 0.2) is 9.84 Å². The van der Waals surface area contributed by atoms with Crippen LogP contribution in [0.25, 0.3) is 0 Å². The SMILES string of the molecule is Cc1cc(CSc2ccccc2C(=O)NCCCS(=O)(=O)c2ccccc2)on1. The van der Waals surface area contributed by atoms with Gasteiger partial charge in [-0.15, -0.1) is 11.8 Å². The zero-order chi connectivity index (χ0) is 20.7. The molecule has 29 heavy (non-hydrogen) atoms. The van der Waals surface area contributed by atoms with Crippen LogP contribution >= 0.6 is 11.8 Å². The van der Waals surface area contributed by atoms with E-state index in [1.165, 1.54) is 11.8 Å². The molecule has 152 valence electrons. The average Bonchev–Trinajstić information content (AvgIpc) is 3.15. The molecule has 3 aromatic rings. The molecule has 0 fully saturated rings. The Morgan fingerprint density at radius 1 is 1.10 bits per heavy atom. The van der Waals surface area contributed by atoms with Crippen molar-refractivity contribution in [1.29, 1.82) is 0 Å². The molecule has 0 atom stereocenters. The number of benzene rings is 2. The Morgan fingerprint density at radius 2 is 1.83 bits per heavy atom. The van der Waals surface area contributed by atoms with E-state index in [0.29, 0.717) is 22.6 Å². The van der Waals surface area contributed by atoms with Crippen molar-refractivity contribution in [3.63, 3.8) is 0 Å². The number of sulfone groups is 1. The van der Waals surface area contributed by atoms with Crippen LogP contribution in [-0.4, -0.2) is 31.8 Å². The van der Waals surface area contributed by atoms with Gasteiger partial charge in [-0.1, -0.05) is 35.5 Å². The Morgan fingerprint density at radius 3 is 2.55 bits per heavy atom. The Hall–Kier alpha value is -2.58. The molecule has 0 radical (unpaired) electrons. The van der Waals surface area contributed by atoms with Crippen LogP contribution in [-0.2, 0) is 15.6 Å². The van der Waals surface area contributed by atoms with Gasteiger partial charge >= 0.3 is 0 Å². The van der Waals surface area contributed by atoms with Crippen LogP contribution in [0.15, 0.2) is 75.0 Å². The fourth-order valence-corrected chi connectivity index (χ4v) is 4.98. The molecule has 1 amide bonds. The van der Waals surface area contributed by atoms with Crippen LogP contribution in [0.1, 0.15) is 28.2 Å². The van der Waals surface area contributed by atoms with Crippen LogP contribution in [0.2, 0.25) is 0 Å². The molecule has 2 aromatic carbocycles. The number of aromatic nitrogens is 1. The van der Waals surface area contributed by atoms with E-state index >= 15 is 0 Å². The van der Waals surface area contributed by atoms with Gasteiger partial charge in [-0.25, -0.2) is 8.42 Å². The standard InChI is InChI=1S/C21H22N2O4S2/c1-16-14-17(27-23-16)15-28-20-11-6-5-10-19(20)21(24)22-12-7-13-29(25,26)18-8-3-2-4-9-18/h2-6,8-11,14H,7,12-13,15H2,1H3,(H,22,24). The van der Waals surface area contributed by atoms with Crippen LogP contribution in [0, 0.1) is 6.92 Å². The first-order valence-electron chi connectivity index (χ1n) is 9.16. The Bertz CT molecular complexity index is 1060. The molecule has 0 aliphatic carbocycles. The normalized spacial score (nSPS) is 11.3. The van der Waals surface area contributed by atoms with Crippen molar-refractivity contribution in [2.45, 2.75) is 28.9 Å². The van der Waals surface area contributed by atoms with E-state index in [1.54, 1.807) is 42.5 Å². The summed E-state index contributed by atoms with van der Waals surface area (Å²) in [6, 6.07) is 17.5. The zero-order valence-electron chi connectivity index (χ0n) is 16.0. The predicted octanol–water partition coefficient (Wildman–Crippen LogP) is 3.87. The summed E-state index contributed by atoms with van der Waals surface area (Å²) in [5.74, 6) is 1.08. The number of carbonyl (C=O) groups is 1.